The molecular weight excluding hydrogens is 575 g/mol. The van der Waals surface area contributed by atoms with E-state index in [9.17, 15) is 0 Å². The van der Waals surface area contributed by atoms with Gasteiger partial charge >= 0.3 is 0 Å². The Kier molecular flexibility index (Phi) is 6.63. The second-order valence-electron chi connectivity index (χ2n) is 10.7. The summed E-state index contributed by atoms with van der Waals surface area (Å²) < 4.78 is 21.3. The Labute approximate surface area is 260 Å². The van der Waals surface area contributed by atoms with Gasteiger partial charge in [-0.2, -0.15) is 0 Å². The van der Waals surface area contributed by atoms with E-state index in [2.05, 4.69) is 0 Å². The molecule has 0 amide bonds. The number of rotatable bonds is 5. The van der Waals surface area contributed by atoms with Crippen LogP contribution in [-0.4, -0.2) is 19.9 Å². The van der Waals surface area contributed by atoms with E-state index in [4.69, 9.17) is 24.7 Å². The van der Waals surface area contributed by atoms with E-state index in [1.54, 1.807) is 6.20 Å². The van der Waals surface area contributed by atoms with Crippen molar-refractivity contribution in [3.05, 3.63) is 152 Å². The molecule has 7 heteroatoms. The first-order valence-corrected chi connectivity index (χ1v) is 16.3. The molecule has 0 saturated carbocycles. The molecule has 7 aromatic rings. The quantitative estimate of drug-likeness (QED) is 0.189. The molecule has 0 radical (unpaired) electrons. The molecule has 8 rings (SSSR count). The molecule has 1 unspecified atom stereocenters. The van der Waals surface area contributed by atoms with E-state index in [1.165, 1.54) is 0 Å². The van der Waals surface area contributed by atoms with E-state index in [1.807, 2.05) is 146 Å². The average Bonchev–Trinajstić information content (AvgIpc) is 3.12. The van der Waals surface area contributed by atoms with Crippen LogP contribution in [0.4, 0.5) is 0 Å². The number of ether oxygens (including phenoxy) is 1. The highest BCUT2D eigenvalue weighted by Crippen LogP contribution is 2.52. The lowest BCUT2D eigenvalue weighted by Gasteiger charge is -2.29. The molecule has 1 aliphatic heterocycles. The van der Waals surface area contributed by atoms with Gasteiger partial charge in [-0.15, -0.1) is 0 Å². The molecule has 0 bridgehead atoms. The number of benzene rings is 5. The summed E-state index contributed by atoms with van der Waals surface area (Å²) in [4.78, 5) is 19.1. The first kappa shape index (κ1) is 26.9. The summed E-state index contributed by atoms with van der Waals surface area (Å²) in [6, 6.07) is 46.7. The summed E-state index contributed by atoms with van der Waals surface area (Å²) in [5.74, 6) is 2.87. The van der Waals surface area contributed by atoms with Crippen molar-refractivity contribution in [2.45, 2.75) is 0 Å². The predicted molar refractivity (Wildman–Crippen MR) is 179 cm³/mol. The molecule has 0 aliphatic carbocycles. The summed E-state index contributed by atoms with van der Waals surface area (Å²) in [5.41, 5.74) is 4.19. The fraction of sp³-hybridized carbons (Fsp3) is 0. The highest BCUT2D eigenvalue weighted by Gasteiger charge is 2.39. The van der Waals surface area contributed by atoms with E-state index in [0.717, 1.165) is 27.6 Å². The fourth-order valence-corrected chi connectivity index (χ4v) is 8.50. The van der Waals surface area contributed by atoms with Crippen molar-refractivity contribution in [1.29, 1.82) is 0 Å². The van der Waals surface area contributed by atoms with Crippen LogP contribution < -0.4 is 20.7 Å². The largest absolute Gasteiger partial charge is 0.456 e. The molecule has 0 N–H and O–H groups in total. The van der Waals surface area contributed by atoms with Crippen LogP contribution in [0.25, 0.3) is 45.4 Å². The molecule has 0 spiro atoms. The lowest BCUT2D eigenvalue weighted by molar-refractivity contribution is 0.485. The minimum Gasteiger partial charge on any atom is -0.456 e. The normalized spacial score (nSPS) is 15.0. The standard InChI is InChI=1S/C38H25N4O2P/c43-45(30-16-8-3-9-17-30)34-19-11-10-18-32(34)44-33-23-21-28(24-35(33)45)29-20-22-31(39-25-29)38-41-36(26-12-4-1-5-13-26)40-37(42-38)27-14-6-2-7-15-27/h1-25H. The summed E-state index contributed by atoms with van der Waals surface area (Å²) in [5, 5.41) is 2.14. The third-order valence-corrected chi connectivity index (χ3v) is 11.0. The lowest BCUT2D eigenvalue weighted by Crippen LogP contribution is -2.30. The minimum absolute atomic E-state index is 0.485. The number of aromatic nitrogens is 4. The summed E-state index contributed by atoms with van der Waals surface area (Å²) in [6.45, 7) is 0. The molecule has 1 aliphatic rings. The predicted octanol–water partition coefficient (Wildman–Crippen LogP) is 7.68. The summed E-state index contributed by atoms with van der Waals surface area (Å²) >= 11 is 0. The van der Waals surface area contributed by atoms with Gasteiger partial charge < -0.3 is 9.30 Å². The first-order chi connectivity index (χ1) is 22.2. The van der Waals surface area contributed by atoms with Crippen molar-refractivity contribution in [1.82, 2.24) is 19.9 Å². The van der Waals surface area contributed by atoms with Crippen LogP contribution in [0.5, 0.6) is 11.5 Å². The Hall–Kier alpha value is -5.71. The van der Waals surface area contributed by atoms with Gasteiger partial charge in [0.2, 0.25) is 0 Å². The number of hydrogen-bond donors (Lipinski definition) is 0. The Morgan fingerprint density at radius 1 is 0.467 bits per heavy atom. The number of pyridine rings is 1. The van der Waals surface area contributed by atoms with Crippen molar-refractivity contribution in [2.24, 2.45) is 0 Å². The molecule has 0 fully saturated rings. The van der Waals surface area contributed by atoms with Gasteiger partial charge in [-0.3, -0.25) is 4.98 Å². The van der Waals surface area contributed by atoms with E-state index in [-0.39, 0.29) is 0 Å². The maximum atomic E-state index is 15.1. The molecular formula is C38H25N4O2P. The van der Waals surface area contributed by atoms with Gasteiger partial charge in [0.05, 0.1) is 10.6 Å². The van der Waals surface area contributed by atoms with Gasteiger partial charge in [-0.25, -0.2) is 15.0 Å². The number of para-hydroxylation sites is 1. The van der Waals surface area contributed by atoms with E-state index < -0.39 is 7.14 Å². The van der Waals surface area contributed by atoms with Crippen molar-refractivity contribution in [2.75, 3.05) is 0 Å². The molecule has 45 heavy (non-hydrogen) atoms. The monoisotopic (exact) mass is 600 g/mol. The summed E-state index contributed by atoms with van der Waals surface area (Å²) in [7, 11) is -3.19. The smallest absolute Gasteiger partial charge is 0.182 e. The lowest BCUT2D eigenvalue weighted by atomic mass is 10.1. The Bertz CT molecular complexity index is 2150. The van der Waals surface area contributed by atoms with Crippen LogP contribution in [0, 0.1) is 0 Å². The zero-order chi connectivity index (χ0) is 30.2. The maximum absolute atomic E-state index is 15.1. The molecule has 2 aromatic heterocycles. The zero-order valence-corrected chi connectivity index (χ0v) is 24.9. The van der Waals surface area contributed by atoms with Gasteiger partial charge in [-0.1, -0.05) is 115 Å². The Morgan fingerprint density at radius 2 is 1.02 bits per heavy atom. The van der Waals surface area contributed by atoms with Gasteiger partial charge in [-0.05, 0) is 35.9 Å². The zero-order valence-electron chi connectivity index (χ0n) is 24.0. The SMILES string of the molecule is O=P1(c2ccccc2)c2ccccc2Oc2ccc(-c3ccc(-c4nc(-c5ccccc5)nc(-c5ccccc5)n4)nc3)cc21. The van der Waals surface area contributed by atoms with Crippen molar-refractivity contribution < 1.29 is 9.30 Å². The van der Waals surface area contributed by atoms with E-state index in [0.29, 0.717) is 45.3 Å². The molecule has 6 nitrogen and oxygen atoms in total. The van der Waals surface area contributed by atoms with Gasteiger partial charge in [0, 0.05) is 28.2 Å². The maximum Gasteiger partial charge on any atom is 0.182 e. The molecule has 5 aromatic carbocycles. The van der Waals surface area contributed by atoms with Crippen LogP contribution in [0.1, 0.15) is 0 Å². The van der Waals surface area contributed by atoms with Gasteiger partial charge in [0.25, 0.3) is 0 Å². The first-order valence-electron chi connectivity index (χ1n) is 14.6. The highest BCUT2D eigenvalue weighted by molar-refractivity contribution is 7.85. The van der Waals surface area contributed by atoms with Crippen LogP contribution in [0.3, 0.4) is 0 Å². The third kappa shape index (κ3) is 4.82. The third-order valence-electron chi connectivity index (χ3n) is 7.87. The van der Waals surface area contributed by atoms with Crippen LogP contribution in [-0.2, 0) is 4.57 Å². The van der Waals surface area contributed by atoms with Crippen LogP contribution >= 0.6 is 7.14 Å². The fourth-order valence-electron chi connectivity index (χ4n) is 5.62. The van der Waals surface area contributed by atoms with Crippen molar-refractivity contribution in [3.8, 4) is 56.9 Å². The number of fused-ring (bicyclic) bond motifs is 2. The molecule has 0 saturated heterocycles. The summed E-state index contributed by atoms with van der Waals surface area (Å²) in [6.07, 6.45) is 1.80. The Morgan fingerprint density at radius 3 is 1.67 bits per heavy atom. The molecule has 1 atom stereocenters. The van der Waals surface area contributed by atoms with Gasteiger partial charge in [0.1, 0.15) is 17.2 Å². The van der Waals surface area contributed by atoms with Crippen molar-refractivity contribution in [3.63, 3.8) is 0 Å². The molecule has 3 heterocycles. The van der Waals surface area contributed by atoms with Crippen molar-refractivity contribution >= 4 is 23.1 Å². The van der Waals surface area contributed by atoms with Crippen LogP contribution in [0.2, 0.25) is 0 Å². The molecule has 214 valence electrons. The average molecular weight is 601 g/mol. The van der Waals surface area contributed by atoms with Crippen LogP contribution in [0.15, 0.2) is 152 Å². The number of hydrogen-bond acceptors (Lipinski definition) is 6. The second kappa shape index (κ2) is 11.1. The minimum atomic E-state index is -3.19. The second-order valence-corrected chi connectivity index (χ2v) is 13.4. The Balaban J connectivity index is 1.20. The number of nitrogens with zero attached hydrogens (tertiary/aromatic N) is 4. The van der Waals surface area contributed by atoms with Gasteiger partial charge in [0.15, 0.2) is 24.6 Å². The topological polar surface area (TPSA) is 77.9 Å². The highest BCUT2D eigenvalue weighted by atomic mass is 31.2. The van der Waals surface area contributed by atoms with E-state index >= 15 is 4.57 Å².